The highest BCUT2D eigenvalue weighted by molar-refractivity contribution is 6.32. The average Bonchev–Trinajstić information content (AvgIpc) is 2.56. The van der Waals surface area contributed by atoms with E-state index < -0.39 is 0 Å². The third-order valence-electron chi connectivity index (χ3n) is 3.03. The average molecular weight is 334 g/mol. The van der Waals surface area contributed by atoms with Gasteiger partial charge in [0.05, 0.1) is 24.7 Å². The van der Waals surface area contributed by atoms with Crippen LogP contribution in [0.4, 0.5) is 5.69 Å². The molecule has 1 N–H and O–H groups in total. The monoisotopic (exact) mass is 333 g/mol. The lowest BCUT2D eigenvalue weighted by Crippen LogP contribution is -2.15. The normalized spacial score (nSPS) is 10.2. The highest BCUT2D eigenvalue weighted by Crippen LogP contribution is 2.23. The van der Waals surface area contributed by atoms with Gasteiger partial charge in [0.1, 0.15) is 11.5 Å². The molecule has 5 heteroatoms. The van der Waals surface area contributed by atoms with Crippen molar-refractivity contribution in [1.82, 2.24) is 0 Å². The number of anilines is 1. The first-order valence-electron chi connectivity index (χ1n) is 7.59. The van der Waals surface area contributed by atoms with Crippen LogP contribution in [-0.4, -0.2) is 19.1 Å². The van der Waals surface area contributed by atoms with Crippen molar-refractivity contribution in [3.05, 3.63) is 53.6 Å². The second kappa shape index (κ2) is 9.06. The lowest BCUT2D eigenvalue weighted by molar-refractivity contribution is -0.116. The Hall–Kier alpha value is -2.20. The number of amides is 1. The minimum absolute atomic E-state index is 0.112. The van der Waals surface area contributed by atoms with Gasteiger partial charge in [-0.2, -0.15) is 0 Å². The topological polar surface area (TPSA) is 47.6 Å². The van der Waals surface area contributed by atoms with E-state index in [4.69, 9.17) is 21.1 Å². The van der Waals surface area contributed by atoms with Crippen molar-refractivity contribution in [3.8, 4) is 11.5 Å². The van der Waals surface area contributed by atoms with Crippen molar-refractivity contribution in [2.24, 2.45) is 0 Å². The summed E-state index contributed by atoms with van der Waals surface area (Å²) in [7, 11) is 0. The number of ether oxygens (including phenoxy) is 2. The van der Waals surface area contributed by atoms with Crippen molar-refractivity contribution in [2.75, 3.05) is 18.5 Å². The minimum atomic E-state index is -0.112. The van der Waals surface area contributed by atoms with Gasteiger partial charge >= 0.3 is 0 Å². The first kappa shape index (κ1) is 17.2. The molecule has 1 amide bonds. The molecule has 0 saturated heterocycles. The van der Waals surface area contributed by atoms with E-state index in [1.807, 2.05) is 36.4 Å². The SMILES string of the molecule is CCCOc1ccc(NC(=O)CCOc2ccccc2Cl)cc1. The Kier molecular flexibility index (Phi) is 6.76. The summed E-state index contributed by atoms with van der Waals surface area (Å²) in [6, 6.07) is 14.5. The van der Waals surface area contributed by atoms with E-state index in [0.717, 1.165) is 17.9 Å². The van der Waals surface area contributed by atoms with Gasteiger partial charge in [-0.15, -0.1) is 0 Å². The molecule has 0 aliphatic rings. The summed E-state index contributed by atoms with van der Waals surface area (Å²) >= 11 is 5.98. The van der Waals surface area contributed by atoms with Gasteiger partial charge in [0, 0.05) is 5.69 Å². The molecule has 23 heavy (non-hydrogen) atoms. The summed E-state index contributed by atoms with van der Waals surface area (Å²) in [4.78, 5) is 11.9. The Morgan fingerprint density at radius 3 is 2.48 bits per heavy atom. The smallest absolute Gasteiger partial charge is 0.227 e. The third-order valence-corrected chi connectivity index (χ3v) is 3.35. The minimum Gasteiger partial charge on any atom is -0.494 e. The van der Waals surface area contributed by atoms with E-state index in [2.05, 4.69) is 12.2 Å². The number of carbonyl (C=O) groups excluding carboxylic acids is 1. The number of carbonyl (C=O) groups is 1. The Morgan fingerprint density at radius 2 is 1.78 bits per heavy atom. The molecule has 0 aromatic heterocycles. The number of hydrogen-bond donors (Lipinski definition) is 1. The fraction of sp³-hybridized carbons (Fsp3) is 0.278. The van der Waals surface area contributed by atoms with Crippen LogP contribution in [-0.2, 0) is 4.79 Å². The maximum Gasteiger partial charge on any atom is 0.227 e. The predicted molar refractivity (Wildman–Crippen MR) is 92.4 cm³/mol. The quantitative estimate of drug-likeness (QED) is 0.771. The molecule has 0 spiro atoms. The number of para-hydroxylation sites is 1. The largest absolute Gasteiger partial charge is 0.494 e. The molecule has 0 heterocycles. The van der Waals surface area contributed by atoms with Gasteiger partial charge in [-0.05, 0) is 42.8 Å². The van der Waals surface area contributed by atoms with E-state index in [0.29, 0.717) is 17.4 Å². The standard InChI is InChI=1S/C18H20ClNO3/c1-2-12-22-15-9-7-14(8-10-15)20-18(21)11-13-23-17-6-4-3-5-16(17)19/h3-10H,2,11-13H2,1H3,(H,20,21). The van der Waals surface area contributed by atoms with Crippen molar-refractivity contribution < 1.29 is 14.3 Å². The second-order valence-electron chi connectivity index (χ2n) is 4.95. The number of nitrogens with one attached hydrogen (secondary N) is 1. The third kappa shape index (κ3) is 5.83. The van der Waals surface area contributed by atoms with E-state index >= 15 is 0 Å². The molecular weight excluding hydrogens is 314 g/mol. The zero-order valence-electron chi connectivity index (χ0n) is 13.0. The number of rotatable bonds is 8. The highest BCUT2D eigenvalue weighted by atomic mass is 35.5. The molecule has 2 aromatic carbocycles. The van der Waals surface area contributed by atoms with Gasteiger partial charge < -0.3 is 14.8 Å². The van der Waals surface area contributed by atoms with Crippen LogP contribution in [0.3, 0.4) is 0 Å². The summed E-state index contributed by atoms with van der Waals surface area (Å²) in [6.45, 7) is 3.01. The molecule has 0 radical (unpaired) electrons. The van der Waals surface area contributed by atoms with Crippen molar-refractivity contribution >= 4 is 23.2 Å². The molecule has 2 aromatic rings. The molecule has 2 rings (SSSR count). The van der Waals surface area contributed by atoms with Crippen LogP contribution in [0, 0.1) is 0 Å². The zero-order chi connectivity index (χ0) is 16.5. The summed E-state index contributed by atoms with van der Waals surface area (Å²) in [5.74, 6) is 1.27. The van der Waals surface area contributed by atoms with E-state index in [9.17, 15) is 4.79 Å². The number of benzene rings is 2. The molecule has 0 aliphatic carbocycles. The van der Waals surface area contributed by atoms with Gasteiger partial charge in [-0.3, -0.25) is 4.79 Å². The van der Waals surface area contributed by atoms with E-state index in [1.165, 1.54) is 0 Å². The molecular formula is C18H20ClNO3. The fourth-order valence-corrected chi connectivity index (χ4v) is 2.08. The lowest BCUT2D eigenvalue weighted by Gasteiger charge is -2.09. The molecule has 0 bridgehead atoms. The Bertz CT molecular complexity index is 628. The van der Waals surface area contributed by atoms with Crippen LogP contribution in [0.5, 0.6) is 11.5 Å². The first-order valence-corrected chi connectivity index (χ1v) is 7.97. The summed E-state index contributed by atoms with van der Waals surface area (Å²) < 4.78 is 11.0. The predicted octanol–water partition coefficient (Wildman–Crippen LogP) is 4.54. The van der Waals surface area contributed by atoms with Crippen LogP contribution in [0.25, 0.3) is 0 Å². The van der Waals surface area contributed by atoms with Gasteiger partial charge in [-0.25, -0.2) is 0 Å². The maximum absolute atomic E-state index is 11.9. The first-order chi connectivity index (χ1) is 11.2. The van der Waals surface area contributed by atoms with Crippen molar-refractivity contribution in [2.45, 2.75) is 19.8 Å². The second-order valence-corrected chi connectivity index (χ2v) is 5.36. The molecule has 0 aliphatic heterocycles. The fourth-order valence-electron chi connectivity index (χ4n) is 1.89. The van der Waals surface area contributed by atoms with Crippen LogP contribution in [0.1, 0.15) is 19.8 Å². The van der Waals surface area contributed by atoms with E-state index in [-0.39, 0.29) is 18.9 Å². The molecule has 0 atom stereocenters. The van der Waals surface area contributed by atoms with Crippen LogP contribution in [0.15, 0.2) is 48.5 Å². The molecule has 0 unspecified atom stereocenters. The van der Waals surface area contributed by atoms with Crippen LogP contribution in [0.2, 0.25) is 5.02 Å². The molecule has 122 valence electrons. The zero-order valence-corrected chi connectivity index (χ0v) is 13.8. The van der Waals surface area contributed by atoms with Gasteiger partial charge in [-0.1, -0.05) is 30.7 Å². The van der Waals surface area contributed by atoms with Gasteiger partial charge in [0.25, 0.3) is 0 Å². The summed E-state index contributed by atoms with van der Waals surface area (Å²) in [5.41, 5.74) is 0.733. The number of hydrogen-bond acceptors (Lipinski definition) is 3. The van der Waals surface area contributed by atoms with Gasteiger partial charge in [0.15, 0.2) is 0 Å². The van der Waals surface area contributed by atoms with E-state index in [1.54, 1.807) is 12.1 Å². The van der Waals surface area contributed by atoms with Crippen molar-refractivity contribution in [1.29, 1.82) is 0 Å². The van der Waals surface area contributed by atoms with Crippen LogP contribution < -0.4 is 14.8 Å². The molecule has 4 nitrogen and oxygen atoms in total. The Morgan fingerprint density at radius 1 is 1.04 bits per heavy atom. The number of halogens is 1. The Labute approximate surface area is 141 Å². The maximum atomic E-state index is 11.9. The molecule has 0 fully saturated rings. The van der Waals surface area contributed by atoms with Crippen LogP contribution >= 0.6 is 11.6 Å². The summed E-state index contributed by atoms with van der Waals surface area (Å²) in [6.07, 6.45) is 1.21. The van der Waals surface area contributed by atoms with Crippen molar-refractivity contribution in [3.63, 3.8) is 0 Å². The Balaban J connectivity index is 1.75. The lowest BCUT2D eigenvalue weighted by atomic mass is 10.3. The highest BCUT2D eigenvalue weighted by Gasteiger charge is 2.05. The van der Waals surface area contributed by atoms with Gasteiger partial charge in [0.2, 0.25) is 5.91 Å². The summed E-state index contributed by atoms with van der Waals surface area (Å²) in [5, 5.41) is 3.36. The molecule has 0 saturated carbocycles.